The second kappa shape index (κ2) is 8.92. The average Bonchev–Trinajstić information content (AvgIpc) is 3.40. The van der Waals surface area contributed by atoms with Gasteiger partial charge in [-0.15, -0.1) is 0 Å². The molecule has 8 heteroatoms. The summed E-state index contributed by atoms with van der Waals surface area (Å²) in [6.07, 6.45) is 1.79. The summed E-state index contributed by atoms with van der Waals surface area (Å²) in [7, 11) is 0. The van der Waals surface area contributed by atoms with Crippen molar-refractivity contribution in [2.75, 3.05) is 19.1 Å². The van der Waals surface area contributed by atoms with Crippen molar-refractivity contribution in [1.29, 1.82) is 0 Å². The number of ether oxygens (including phenoxy) is 2. The van der Waals surface area contributed by atoms with E-state index in [1.165, 1.54) is 11.8 Å². The van der Waals surface area contributed by atoms with E-state index in [4.69, 9.17) is 9.47 Å². The number of carbonyl (C=O) groups is 1. The van der Waals surface area contributed by atoms with Crippen LogP contribution < -0.4 is 9.47 Å². The van der Waals surface area contributed by atoms with Gasteiger partial charge in [0, 0.05) is 17.6 Å². The molecule has 1 aromatic heterocycles. The lowest BCUT2D eigenvalue weighted by molar-refractivity contribution is -0.128. The van der Waals surface area contributed by atoms with Gasteiger partial charge in [0.05, 0.1) is 17.6 Å². The standard InChI is InChI=1S/C21H20BrN3O3S/c1-2-25(11-14-3-8-18-19(9-14)28-13-27-18)20(26)12-29-21-23-10-17(24-21)15-4-6-16(22)7-5-15/h3-10H,2,11-13H2,1H3,(H,23,24). The van der Waals surface area contributed by atoms with Crippen LogP contribution in [0.4, 0.5) is 0 Å². The predicted octanol–water partition coefficient (Wildman–Crippen LogP) is 4.71. The van der Waals surface area contributed by atoms with Crippen LogP contribution in [0.1, 0.15) is 12.5 Å². The Morgan fingerprint density at radius 1 is 1.21 bits per heavy atom. The van der Waals surface area contributed by atoms with E-state index in [2.05, 4.69) is 25.9 Å². The topological polar surface area (TPSA) is 67.5 Å². The summed E-state index contributed by atoms with van der Waals surface area (Å²) in [5, 5.41) is 0.732. The van der Waals surface area contributed by atoms with Crippen LogP contribution in [-0.4, -0.2) is 39.9 Å². The van der Waals surface area contributed by atoms with Crippen molar-refractivity contribution in [3.8, 4) is 22.8 Å². The van der Waals surface area contributed by atoms with Crippen LogP contribution in [0.3, 0.4) is 0 Å². The Morgan fingerprint density at radius 3 is 2.79 bits per heavy atom. The second-order valence-corrected chi connectivity index (χ2v) is 8.37. The van der Waals surface area contributed by atoms with Crippen molar-refractivity contribution in [1.82, 2.24) is 14.9 Å². The molecule has 4 rings (SSSR count). The van der Waals surface area contributed by atoms with Crippen LogP contribution in [0.15, 0.2) is 58.3 Å². The van der Waals surface area contributed by atoms with E-state index in [-0.39, 0.29) is 12.7 Å². The number of amides is 1. The second-order valence-electron chi connectivity index (χ2n) is 6.49. The SMILES string of the molecule is CCN(Cc1ccc2c(c1)OCO2)C(=O)CSc1ncc(-c2ccc(Br)cc2)[nH]1. The van der Waals surface area contributed by atoms with Gasteiger partial charge in [0.15, 0.2) is 16.7 Å². The largest absolute Gasteiger partial charge is 0.454 e. The Labute approximate surface area is 181 Å². The van der Waals surface area contributed by atoms with Crippen LogP contribution >= 0.6 is 27.7 Å². The fraction of sp³-hybridized carbons (Fsp3) is 0.238. The van der Waals surface area contributed by atoms with Gasteiger partial charge < -0.3 is 19.4 Å². The van der Waals surface area contributed by atoms with Gasteiger partial charge in [0.1, 0.15) is 0 Å². The quantitative estimate of drug-likeness (QED) is 0.503. The minimum absolute atomic E-state index is 0.0664. The third kappa shape index (κ3) is 4.76. The highest BCUT2D eigenvalue weighted by Crippen LogP contribution is 2.33. The highest BCUT2D eigenvalue weighted by atomic mass is 79.9. The van der Waals surface area contributed by atoms with Crippen LogP contribution in [0.25, 0.3) is 11.3 Å². The van der Waals surface area contributed by atoms with Crippen molar-refractivity contribution in [3.63, 3.8) is 0 Å². The molecule has 1 aliphatic rings. The Morgan fingerprint density at radius 2 is 2.00 bits per heavy atom. The zero-order valence-corrected chi connectivity index (χ0v) is 18.3. The van der Waals surface area contributed by atoms with Gasteiger partial charge in [-0.05, 0) is 42.3 Å². The maximum Gasteiger partial charge on any atom is 0.233 e. The molecule has 150 valence electrons. The normalized spacial score (nSPS) is 12.2. The number of carbonyl (C=O) groups excluding carboxylic acids is 1. The number of aromatic amines is 1. The third-order valence-electron chi connectivity index (χ3n) is 4.58. The van der Waals surface area contributed by atoms with Gasteiger partial charge in [0.2, 0.25) is 12.7 Å². The van der Waals surface area contributed by atoms with Crippen LogP contribution in [-0.2, 0) is 11.3 Å². The maximum absolute atomic E-state index is 12.7. The van der Waals surface area contributed by atoms with Crippen LogP contribution in [0, 0.1) is 0 Å². The lowest BCUT2D eigenvalue weighted by atomic mass is 10.2. The summed E-state index contributed by atoms with van der Waals surface area (Å²) in [5.74, 6) is 1.87. The number of hydrogen-bond acceptors (Lipinski definition) is 5. The van der Waals surface area contributed by atoms with Crippen LogP contribution in [0.5, 0.6) is 11.5 Å². The van der Waals surface area contributed by atoms with E-state index in [1.54, 1.807) is 6.20 Å². The fourth-order valence-electron chi connectivity index (χ4n) is 3.01. The van der Waals surface area contributed by atoms with E-state index in [0.717, 1.165) is 37.9 Å². The Bertz CT molecular complexity index is 1010. The molecule has 6 nitrogen and oxygen atoms in total. The maximum atomic E-state index is 12.7. The van der Waals surface area contributed by atoms with E-state index in [1.807, 2.05) is 54.3 Å². The number of aromatic nitrogens is 2. The highest BCUT2D eigenvalue weighted by Gasteiger charge is 2.17. The Kier molecular flexibility index (Phi) is 6.10. The summed E-state index contributed by atoms with van der Waals surface area (Å²) in [4.78, 5) is 22.2. The lowest BCUT2D eigenvalue weighted by Crippen LogP contribution is -2.31. The fourth-order valence-corrected chi connectivity index (χ4v) is 4.03. The average molecular weight is 474 g/mol. The van der Waals surface area contributed by atoms with Gasteiger partial charge in [-0.3, -0.25) is 4.79 Å². The van der Waals surface area contributed by atoms with Gasteiger partial charge >= 0.3 is 0 Å². The van der Waals surface area contributed by atoms with Gasteiger partial charge in [-0.1, -0.05) is 45.9 Å². The number of thioether (sulfide) groups is 1. The number of hydrogen-bond donors (Lipinski definition) is 1. The molecular weight excluding hydrogens is 454 g/mol. The van der Waals surface area contributed by atoms with Crippen molar-refractivity contribution in [3.05, 3.63) is 58.7 Å². The Balaban J connectivity index is 1.35. The number of fused-ring (bicyclic) bond motifs is 1. The molecule has 2 aromatic carbocycles. The first-order valence-corrected chi connectivity index (χ1v) is 11.0. The molecule has 0 aliphatic carbocycles. The molecule has 29 heavy (non-hydrogen) atoms. The first-order chi connectivity index (χ1) is 14.1. The zero-order chi connectivity index (χ0) is 20.2. The molecule has 3 aromatic rings. The molecule has 0 bridgehead atoms. The van der Waals surface area contributed by atoms with Gasteiger partial charge in [-0.2, -0.15) is 0 Å². The molecule has 1 aliphatic heterocycles. The number of imidazole rings is 1. The summed E-state index contributed by atoms with van der Waals surface area (Å²) >= 11 is 4.85. The van der Waals surface area contributed by atoms with E-state index in [9.17, 15) is 4.79 Å². The number of halogens is 1. The summed E-state index contributed by atoms with van der Waals surface area (Å²) < 4.78 is 11.8. The minimum Gasteiger partial charge on any atom is -0.454 e. The molecule has 0 unspecified atom stereocenters. The molecule has 0 fully saturated rings. The van der Waals surface area contributed by atoms with Crippen molar-refractivity contribution < 1.29 is 14.3 Å². The van der Waals surface area contributed by atoms with Crippen molar-refractivity contribution in [2.24, 2.45) is 0 Å². The molecule has 0 saturated heterocycles. The molecule has 0 radical (unpaired) electrons. The highest BCUT2D eigenvalue weighted by molar-refractivity contribution is 9.10. The van der Waals surface area contributed by atoms with E-state index in [0.29, 0.717) is 18.8 Å². The smallest absolute Gasteiger partial charge is 0.233 e. The summed E-state index contributed by atoms with van der Waals surface area (Å²) in [5.41, 5.74) is 3.00. The van der Waals surface area contributed by atoms with Gasteiger partial charge in [0.25, 0.3) is 0 Å². The third-order valence-corrected chi connectivity index (χ3v) is 5.99. The number of nitrogens with one attached hydrogen (secondary N) is 1. The molecule has 2 heterocycles. The van der Waals surface area contributed by atoms with E-state index >= 15 is 0 Å². The summed E-state index contributed by atoms with van der Waals surface area (Å²) in [6, 6.07) is 13.8. The number of nitrogens with zero attached hydrogens (tertiary/aromatic N) is 2. The monoisotopic (exact) mass is 473 g/mol. The molecule has 1 amide bonds. The van der Waals surface area contributed by atoms with Gasteiger partial charge in [-0.25, -0.2) is 4.98 Å². The number of rotatable bonds is 7. The number of benzene rings is 2. The lowest BCUT2D eigenvalue weighted by Gasteiger charge is -2.20. The first-order valence-electron chi connectivity index (χ1n) is 9.22. The summed E-state index contributed by atoms with van der Waals surface area (Å²) in [6.45, 7) is 3.40. The molecular formula is C21H20BrN3O3S. The minimum atomic E-state index is 0.0664. The predicted molar refractivity (Wildman–Crippen MR) is 116 cm³/mol. The number of H-pyrrole nitrogens is 1. The molecule has 0 atom stereocenters. The zero-order valence-electron chi connectivity index (χ0n) is 15.9. The first kappa shape index (κ1) is 19.8. The Hall–Kier alpha value is -2.45. The van der Waals surface area contributed by atoms with Crippen molar-refractivity contribution >= 4 is 33.6 Å². The van der Waals surface area contributed by atoms with Crippen LogP contribution in [0.2, 0.25) is 0 Å². The molecule has 0 saturated carbocycles. The molecule has 1 N–H and O–H groups in total. The molecule has 0 spiro atoms. The van der Waals surface area contributed by atoms with E-state index < -0.39 is 0 Å². The van der Waals surface area contributed by atoms with Crippen molar-refractivity contribution in [2.45, 2.75) is 18.6 Å².